The molecule has 0 radical (unpaired) electrons. The Kier molecular flexibility index (Phi) is 1.63. The smallest absolute Gasteiger partial charge is 0.0616 e. The number of hydrogen-bond donors (Lipinski definition) is 0. The minimum absolute atomic E-state index is 0.493. The highest BCUT2D eigenvalue weighted by Gasteiger charge is 2.16. The van der Waals surface area contributed by atoms with E-state index < -0.39 is 209 Å². The molecule has 0 atom stereocenters. The van der Waals surface area contributed by atoms with Crippen molar-refractivity contribution in [3.63, 3.8) is 0 Å². The van der Waals surface area contributed by atoms with E-state index in [0.29, 0.717) is 0 Å². The maximum atomic E-state index is 9.75. The van der Waals surface area contributed by atoms with Gasteiger partial charge in [-0.3, -0.25) is 0 Å². The molecule has 8 aromatic carbocycles. The summed E-state index contributed by atoms with van der Waals surface area (Å²) in [7, 11) is 0. The molecule has 8 aromatic rings. The average Bonchev–Trinajstić information content (AvgIpc) is 3.19. The van der Waals surface area contributed by atoms with Crippen LogP contribution in [0.2, 0.25) is 0 Å². The molecule has 0 fully saturated rings. The van der Waals surface area contributed by atoms with Crippen molar-refractivity contribution in [2.24, 2.45) is 0 Å². The summed E-state index contributed by atoms with van der Waals surface area (Å²) >= 11 is 0. The standard InChI is InChI=1S/C36H22/c1-2-11-25-20-34-33(19-24(25)10-1)29-15-7-4-12-26(29)22-35(34)36-30-16-8-5-13-27(30)21-32-28-14-6-3-9-23(28)17-18-31(32)36/h1-22H/i1D,2D,3D,4D,5D,6D,7D,8D,9D,10D,11D,12D,13D,14D,15D,16D,17D,18D,19D,20D,21D,22D. The van der Waals surface area contributed by atoms with E-state index in [1.165, 1.54) is 0 Å². The van der Waals surface area contributed by atoms with Gasteiger partial charge in [-0.05, 0) is 99.9 Å². The van der Waals surface area contributed by atoms with E-state index in [-0.39, 0.29) is 0 Å². The first-order valence-electron chi connectivity index (χ1n) is 21.8. The Bertz CT molecular complexity index is 3350. The molecule has 0 aliphatic carbocycles. The van der Waals surface area contributed by atoms with Crippen LogP contribution in [0.3, 0.4) is 0 Å². The predicted octanol–water partition coefficient (Wildman–Crippen LogP) is 10.3. The molecule has 0 aliphatic heterocycles. The molecule has 8 rings (SSSR count). The van der Waals surface area contributed by atoms with Gasteiger partial charge in [0.05, 0.1) is 30.2 Å². The van der Waals surface area contributed by atoms with Gasteiger partial charge in [0.2, 0.25) is 0 Å². The molecule has 0 bridgehead atoms. The van der Waals surface area contributed by atoms with Gasteiger partial charge in [0, 0.05) is 0 Å². The highest BCUT2D eigenvalue weighted by atomic mass is 14.2. The van der Waals surface area contributed by atoms with Crippen molar-refractivity contribution in [2.75, 3.05) is 0 Å². The normalized spacial score (nSPS) is 20.4. The molecule has 0 heterocycles. The Morgan fingerprint density at radius 3 is 1.50 bits per heavy atom. The van der Waals surface area contributed by atoms with Crippen molar-refractivity contribution in [2.45, 2.75) is 0 Å². The lowest BCUT2D eigenvalue weighted by Gasteiger charge is -2.18. The summed E-state index contributed by atoms with van der Waals surface area (Å²) in [6.45, 7) is 0. The molecule has 0 spiro atoms. The van der Waals surface area contributed by atoms with Crippen molar-refractivity contribution in [1.29, 1.82) is 0 Å². The second kappa shape index (κ2) is 7.41. The Morgan fingerprint density at radius 2 is 0.778 bits per heavy atom. The third-order valence-electron chi connectivity index (χ3n) is 6.06. The monoisotopic (exact) mass is 476 g/mol. The Morgan fingerprint density at radius 1 is 0.306 bits per heavy atom. The topological polar surface area (TPSA) is 0 Å². The molecule has 0 aromatic heterocycles. The molecule has 0 saturated carbocycles. The number of rotatable bonds is 1. The van der Waals surface area contributed by atoms with Crippen LogP contribution in [0.1, 0.15) is 30.2 Å². The zero-order valence-corrected chi connectivity index (χ0v) is 18.0. The van der Waals surface area contributed by atoms with Crippen LogP contribution in [-0.2, 0) is 0 Å². The summed E-state index contributed by atoms with van der Waals surface area (Å²) in [6, 6.07) is -17.8. The first-order chi connectivity index (χ1) is 27.0. The highest BCUT2D eigenvalue weighted by molar-refractivity contribution is 6.25. The fourth-order valence-electron chi connectivity index (χ4n) is 4.53. The molecule has 166 valence electrons. The maximum Gasteiger partial charge on any atom is 0.0636 e. The van der Waals surface area contributed by atoms with Crippen molar-refractivity contribution < 1.29 is 30.2 Å². The number of hydrogen-bond acceptors (Lipinski definition) is 0. The zero-order chi connectivity index (χ0) is 42.8. The van der Waals surface area contributed by atoms with Gasteiger partial charge in [-0.2, -0.15) is 0 Å². The second-order valence-corrected chi connectivity index (χ2v) is 8.00. The maximum absolute atomic E-state index is 9.75. The summed E-state index contributed by atoms with van der Waals surface area (Å²) in [4.78, 5) is 0. The molecule has 0 saturated heterocycles. The van der Waals surface area contributed by atoms with Crippen molar-refractivity contribution in [3.05, 3.63) is 133 Å². The van der Waals surface area contributed by atoms with Gasteiger partial charge in [-0.1, -0.05) is 109 Å². The van der Waals surface area contributed by atoms with E-state index in [2.05, 4.69) is 0 Å². The SMILES string of the molecule is [2H]c1c([2H])c([2H])c2c([2H])c3c(c(-c4c5c([2H])c([2H])c([2H])c([2H])c5c([2H])c5c4c([2H])c([2H])c4c([2H])c([2H])c([2H])c([2H])c45)c([2H])c4c([2H])c([2H])c([2H])c([2H])c43)c([2H])c2c1[2H]. The summed E-state index contributed by atoms with van der Waals surface area (Å²) in [5, 5.41) is -6.49. The zero-order valence-electron chi connectivity index (χ0n) is 40.0. The van der Waals surface area contributed by atoms with Crippen LogP contribution in [-0.4, -0.2) is 0 Å². The van der Waals surface area contributed by atoms with Crippen LogP contribution in [0, 0.1) is 0 Å². The van der Waals surface area contributed by atoms with E-state index in [1.807, 2.05) is 0 Å². The fourth-order valence-corrected chi connectivity index (χ4v) is 4.53. The highest BCUT2D eigenvalue weighted by Crippen LogP contribution is 2.44. The number of benzene rings is 8. The van der Waals surface area contributed by atoms with Crippen LogP contribution in [0.25, 0.3) is 75.8 Å². The molecule has 36 heavy (non-hydrogen) atoms. The molecule has 0 amide bonds. The summed E-state index contributed by atoms with van der Waals surface area (Å²) in [5.74, 6) is 0. The minimum atomic E-state index is -0.872. The van der Waals surface area contributed by atoms with Gasteiger partial charge < -0.3 is 0 Å². The lowest BCUT2D eigenvalue weighted by Crippen LogP contribution is -1.90. The van der Waals surface area contributed by atoms with Gasteiger partial charge >= 0.3 is 0 Å². The van der Waals surface area contributed by atoms with Crippen LogP contribution >= 0.6 is 0 Å². The lowest BCUT2D eigenvalue weighted by atomic mass is 9.85. The van der Waals surface area contributed by atoms with E-state index >= 15 is 0 Å². The van der Waals surface area contributed by atoms with E-state index in [1.54, 1.807) is 0 Å². The fraction of sp³-hybridized carbons (Fsp3) is 0. The van der Waals surface area contributed by atoms with Crippen molar-refractivity contribution in [1.82, 2.24) is 0 Å². The first kappa shape index (κ1) is 7.91. The average molecular weight is 477 g/mol. The Balaban J connectivity index is 1.89. The first-order valence-corrected chi connectivity index (χ1v) is 10.8. The van der Waals surface area contributed by atoms with Gasteiger partial charge in [0.15, 0.2) is 0 Å². The number of fused-ring (bicyclic) bond motifs is 8. The van der Waals surface area contributed by atoms with Crippen LogP contribution < -0.4 is 0 Å². The summed E-state index contributed by atoms with van der Waals surface area (Å²) < 4.78 is 195. The van der Waals surface area contributed by atoms with E-state index in [4.69, 9.17) is 23.3 Å². The predicted molar refractivity (Wildman–Crippen MR) is 157 cm³/mol. The van der Waals surface area contributed by atoms with Gasteiger partial charge in [-0.25, -0.2) is 0 Å². The van der Waals surface area contributed by atoms with E-state index in [9.17, 15) is 6.85 Å². The molecule has 0 heteroatoms. The van der Waals surface area contributed by atoms with Crippen LogP contribution in [0.15, 0.2) is 133 Å². The van der Waals surface area contributed by atoms with Crippen molar-refractivity contribution >= 4 is 64.6 Å². The third kappa shape index (κ3) is 2.76. The second-order valence-electron chi connectivity index (χ2n) is 8.00. The summed E-state index contributed by atoms with van der Waals surface area (Å²) in [5.41, 5.74) is -1.22. The molecular formula is C36H22. The van der Waals surface area contributed by atoms with Gasteiger partial charge in [0.25, 0.3) is 0 Å². The minimum Gasteiger partial charge on any atom is -0.0616 e. The van der Waals surface area contributed by atoms with Crippen molar-refractivity contribution in [3.8, 4) is 11.1 Å². The Hall–Kier alpha value is -4.68. The summed E-state index contributed by atoms with van der Waals surface area (Å²) in [6.07, 6.45) is 0. The molecule has 0 nitrogen and oxygen atoms in total. The van der Waals surface area contributed by atoms with Crippen LogP contribution in [0.5, 0.6) is 0 Å². The Labute approximate surface area is 239 Å². The lowest BCUT2D eigenvalue weighted by molar-refractivity contribution is 1.73. The van der Waals surface area contributed by atoms with Gasteiger partial charge in [-0.15, -0.1) is 0 Å². The van der Waals surface area contributed by atoms with Crippen LogP contribution in [0.4, 0.5) is 0 Å². The molecule has 0 unspecified atom stereocenters. The molecule has 0 aliphatic rings. The van der Waals surface area contributed by atoms with Gasteiger partial charge in [0.1, 0.15) is 0 Å². The van der Waals surface area contributed by atoms with E-state index in [0.717, 1.165) is 0 Å². The third-order valence-corrected chi connectivity index (χ3v) is 6.06. The largest absolute Gasteiger partial charge is 0.0636 e. The quantitative estimate of drug-likeness (QED) is 0.163. The molecular weight excluding hydrogens is 432 g/mol. The molecule has 0 N–H and O–H groups in total.